The second-order valence-corrected chi connectivity index (χ2v) is 31.0. The van der Waals surface area contributed by atoms with Gasteiger partial charge in [-0.1, -0.05) is 368 Å². The number of carbonyl (C=O) groups is 4. The molecule has 0 saturated heterocycles. The molecule has 97 heavy (non-hydrogen) atoms. The highest BCUT2D eigenvalue weighted by atomic mass is 31.2. The van der Waals surface area contributed by atoms with E-state index in [0.29, 0.717) is 25.7 Å². The Kier molecular flexibility index (Phi) is 71.0. The van der Waals surface area contributed by atoms with Gasteiger partial charge in [-0.2, -0.15) is 0 Å². The first-order chi connectivity index (χ1) is 47.2. The third-order valence-electron chi connectivity index (χ3n) is 18.4. The molecule has 0 aromatic heterocycles. The maximum Gasteiger partial charge on any atom is 0.472 e. The van der Waals surface area contributed by atoms with E-state index in [9.17, 15) is 43.2 Å². The molecule has 3 N–H and O–H groups in total. The summed E-state index contributed by atoms with van der Waals surface area (Å²) in [7, 11) is -9.91. The molecule has 0 amide bonds. The van der Waals surface area contributed by atoms with Crippen LogP contribution in [0.4, 0.5) is 0 Å². The van der Waals surface area contributed by atoms with Crippen LogP contribution in [0.25, 0.3) is 0 Å². The number of ether oxygens (including phenoxy) is 4. The van der Waals surface area contributed by atoms with Crippen molar-refractivity contribution in [2.24, 2.45) is 0 Å². The number of phosphoric acid groups is 2. The summed E-state index contributed by atoms with van der Waals surface area (Å²) in [6.07, 6.45) is 63.7. The minimum Gasteiger partial charge on any atom is -0.462 e. The van der Waals surface area contributed by atoms with Gasteiger partial charge in [-0.3, -0.25) is 37.3 Å². The number of unbranched alkanes of at least 4 members (excludes halogenated alkanes) is 53. The lowest BCUT2D eigenvalue weighted by Crippen LogP contribution is -2.30. The van der Waals surface area contributed by atoms with E-state index >= 15 is 0 Å². The van der Waals surface area contributed by atoms with Gasteiger partial charge in [0.15, 0.2) is 12.2 Å². The van der Waals surface area contributed by atoms with Crippen LogP contribution in [-0.4, -0.2) is 96.7 Å². The lowest BCUT2D eigenvalue weighted by atomic mass is 10.0. The Morgan fingerprint density at radius 2 is 0.412 bits per heavy atom. The van der Waals surface area contributed by atoms with E-state index in [1.165, 1.54) is 250 Å². The van der Waals surface area contributed by atoms with Crippen LogP contribution >= 0.6 is 15.6 Å². The van der Waals surface area contributed by atoms with E-state index in [1.54, 1.807) is 0 Å². The van der Waals surface area contributed by atoms with Crippen molar-refractivity contribution >= 4 is 39.5 Å². The van der Waals surface area contributed by atoms with Crippen LogP contribution in [0.15, 0.2) is 0 Å². The fourth-order valence-corrected chi connectivity index (χ4v) is 13.7. The zero-order valence-electron chi connectivity index (χ0n) is 63.1. The van der Waals surface area contributed by atoms with Crippen LogP contribution < -0.4 is 0 Å². The minimum atomic E-state index is -4.96. The summed E-state index contributed by atoms with van der Waals surface area (Å²) in [5, 5.41) is 10.6. The molecule has 0 aliphatic heterocycles. The summed E-state index contributed by atoms with van der Waals surface area (Å²) in [6.45, 7) is 5.01. The molecule has 0 rings (SSSR count). The molecular weight excluding hydrogens is 1270 g/mol. The maximum atomic E-state index is 13.1. The molecule has 0 radical (unpaired) electrons. The van der Waals surface area contributed by atoms with Gasteiger partial charge in [-0.15, -0.1) is 0 Å². The summed E-state index contributed by atoms with van der Waals surface area (Å²) in [6, 6.07) is 0. The van der Waals surface area contributed by atoms with Crippen molar-refractivity contribution in [2.45, 2.75) is 438 Å². The normalized spacial score (nSPS) is 13.8. The van der Waals surface area contributed by atoms with Gasteiger partial charge < -0.3 is 33.8 Å². The predicted molar refractivity (Wildman–Crippen MR) is 395 cm³/mol. The SMILES string of the molecule is CCCCCCCCCCCCCCCCCCCCC(=O)O[C@H](COC(=O)CCCCCCCCCCCCCCCCCC)COP(=O)(O)OC[C@@H](O)COP(=O)(O)OC[C@@H](COC(=O)CCCCCCCCCCCC)OC(=O)CCCCCCCCCCCCCCC. The van der Waals surface area contributed by atoms with Crippen LogP contribution in [0.2, 0.25) is 0 Å². The molecule has 17 nitrogen and oxygen atoms in total. The van der Waals surface area contributed by atoms with Gasteiger partial charge in [0, 0.05) is 25.7 Å². The highest BCUT2D eigenvalue weighted by Gasteiger charge is 2.30. The van der Waals surface area contributed by atoms with Gasteiger partial charge in [-0.25, -0.2) is 9.13 Å². The quantitative estimate of drug-likeness (QED) is 0.0222. The van der Waals surface area contributed by atoms with E-state index in [4.69, 9.17) is 37.0 Å². The molecule has 0 bridgehead atoms. The predicted octanol–water partition coefficient (Wildman–Crippen LogP) is 23.4. The zero-order chi connectivity index (χ0) is 71.1. The molecule has 2 unspecified atom stereocenters. The third kappa shape index (κ3) is 72.2. The molecule has 0 aliphatic rings. The van der Waals surface area contributed by atoms with Crippen LogP contribution in [0, 0.1) is 0 Å². The first-order valence-corrected chi connectivity index (χ1v) is 43.8. The van der Waals surface area contributed by atoms with Gasteiger partial charge >= 0.3 is 39.5 Å². The Morgan fingerprint density at radius 1 is 0.247 bits per heavy atom. The number of phosphoric ester groups is 2. The smallest absolute Gasteiger partial charge is 0.462 e. The average molecular weight is 1420 g/mol. The monoisotopic (exact) mass is 1420 g/mol. The molecule has 0 saturated carbocycles. The van der Waals surface area contributed by atoms with Crippen molar-refractivity contribution in [3.05, 3.63) is 0 Å². The number of esters is 4. The lowest BCUT2D eigenvalue weighted by molar-refractivity contribution is -0.161. The van der Waals surface area contributed by atoms with E-state index in [-0.39, 0.29) is 25.7 Å². The summed E-state index contributed by atoms with van der Waals surface area (Å²) in [5.74, 6) is -2.11. The molecule has 0 fully saturated rings. The Bertz CT molecular complexity index is 1840. The third-order valence-corrected chi connectivity index (χ3v) is 20.3. The molecule has 0 aromatic rings. The van der Waals surface area contributed by atoms with Crippen LogP contribution in [0.1, 0.15) is 419 Å². The maximum absolute atomic E-state index is 13.1. The van der Waals surface area contributed by atoms with Crippen LogP contribution in [0.5, 0.6) is 0 Å². The van der Waals surface area contributed by atoms with E-state index in [0.717, 1.165) is 89.9 Å². The summed E-state index contributed by atoms with van der Waals surface area (Å²) < 4.78 is 68.6. The molecule has 0 aromatic carbocycles. The number of hydrogen-bond donors (Lipinski definition) is 3. The Labute approximate surface area is 594 Å². The van der Waals surface area contributed by atoms with Crippen LogP contribution in [-0.2, 0) is 65.4 Å². The van der Waals surface area contributed by atoms with Crippen molar-refractivity contribution in [1.29, 1.82) is 0 Å². The number of aliphatic hydroxyl groups is 1. The minimum absolute atomic E-state index is 0.108. The lowest BCUT2D eigenvalue weighted by Gasteiger charge is -2.21. The van der Waals surface area contributed by atoms with E-state index < -0.39 is 97.5 Å². The highest BCUT2D eigenvalue weighted by Crippen LogP contribution is 2.45. The van der Waals surface area contributed by atoms with Crippen molar-refractivity contribution in [2.75, 3.05) is 39.6 Å². The number of rotatable bonds is 79. The fourth-order valence-electron chi connectivity index (χ4n) is 12.1. The van der Waals surface area contributed by atoms with E-state index in [2.05, 4.69) is 27.7 Å². The molecule has 19 heteroatoms. The fraction of sp³-hybridized carbons (Fsp3) is 0.949. The zero-order valence-corrected chi connectivity index (χ0v) is 64.8. The van der Waals surface area contributed by atoms with Gasteiger partial charge in [0.25, 0.3) is 0 Å². The van der Waals surface area contributed by atoms with Gasteiger partial charge in [0.1, 0.15) is 19.3 Å². The molecule has 0 aliphatic carbocycles. The van der Waals surface area contributed by atoms with Crippen LogP contribution in [0.3, 0.4) is 0 Å². The van der Waals surface area contributed by atoms with Crippen molar-refractivity contribution in [3.63, 3.8) is 0 Å². The molecule has 576 valence electrons. The van der Waals surface area contributed by atoms with Crippen molar-refractivity contribution < 1.29 is 80.2 Å². The second-order valence-electron chi connectivity index (χ2n) is 28.1. The standard InChI is InChI=1S/C78H152O17P2/c1-5-9-13-17-21-25-29-32-34-36-37-39-42-45-49-53-57-61-65-78(83)95-74(69-89-76(81)63-59-55-51-47-43-41-38-35-33-30-26-22-18-14-10-6-2)71-93-97(86,87)91-67-72(79)66-90-96(84,85)92-70-73(68-88-75(80)62-58-54-50-46-28-24-20-16-12-8-4)94-77(82)64-60-56-52-48-44-40-31-27-23-19-15-11-7-3/h72-74,79H,5-71H2,1-4H3,(H,84,85)(H,86,87)/t72-,73+,74+/m0/s1. The van der Waals surface area contributed by atoms with Gasteiger partial charge in [0.05, 0.1) is 26.4 Å². The Hall–Kier alpha value is -1.94. The van der Waals surface area contributed by atoms with Gasteiger partial charge in [-0.05, 0) is 25.7 Å². The topological polar surface area (TPSA) is 237 Å². The Morgan fingerprint density at radius 3 is 0.608 bits per heavy atom. The van der Waals surface area contributed by atoms with Crippen molar-refractivity contribution in [3.8, 4) is 0 Å². The second kappa shape index (κ2) is 72.4. The highest BCUT2D eigenvalue weighted by molar-refractivity contribution is 7.47. The largest absolute Gasteiger partial charge is 0.472 e. The molecule has 0 spiro atoms. The number of hydrogen-bond acceptors (Lipinski definition) is 15. The van der Waals surface area contributed by atoms with E-state index in [1.807, 2.05) is 0 Å². The summed E-state index contributed by atoms with van der Waals surface area (Å²) >= 11 is 0. The molecule has 5 atom stereocenters. The van der Waals surface area contributed by atoms with Gasteiger partial charge in [0.2, 0.25) is 0 Å². The Balaban J connectivity index is 5.23. The summed E-state index contributed by atoms with van der Waals surface area (Å²) in [5.41, 5.74) is 0. The number of aliphatic hydroxyl groups excluding tert-OH is 1. The first kappa shape index (κ1) is 95.1. The average Bonchev–Trinajstić information content (AvgIpc) is 2.98. The number of carbonyl (C=O) groups excluding carboxylic acids is 4. The molecule has 0 heterocycles. The first-order valence-electron chi connectivity index (χ1n) is 40.8. The van der Waals surface area contributed by atoms with Crippen molar-refractivity contribution in [1.82, 2.24) is 0 Å². The molecular formula is C78H152O17P2. The summed E-state index contributed by atoms with van der Waals surface area (Å²) in [4.78, 5) is 72.9.